The molecular formula is C19H23N5O4. The van der Waals surface area contributed by atoms with E-state index in [4.69, 9.17) is 13.9 Å². The second-order valence-corrected chi connectivity index (χ2v) is 5.88. The first-order chi connectivity index (χ1) is 13.5. The van der Waals surface area contributed by atoms with Crippen molar-refractivity contribution in [3.8, 4) is 23.0 Å². The van der Waals surface area contributed by atoms with Gasteiger partial charge in [-0.25, -0.2) is 0 Å². The van der Waals surface area contributed by atoms with Crippen molar-refractivity contribution >= 4 is 11.9 Å². The SMILES string of the molecule is CCOc1ccc(-c2nnc(NC(=O)c3cc(C)n(CC)n3)o2)cc1OCC. The summed E-state index contributed by atoms with van der Waals surface area (Å²) in [6.07, 6.45) is 0. The Hall–Kier alpha value is -3.36. The number of nitrogens with zero attached hydrogens (tertiary/aromatic N) is 4. The molecule has 0 spiro atoms. The molecule has 0 aliphatic rings. The van der Waals surface area contributed by atoms with Crippen LogP contribution in [0.2, 0.25) is 0 Å². The molecule has 2 heterocycles. The van der Waals surface area contributed by atoms with Crippen LogP contribution in [0, 0.1) is 6.92 Å². The number of nitrogens with one attached hydrogen (secondary N) is 1. The van der Waals surface area contributed by atoms with E-state index in [9.17, 15) is 4.79 Å². The molecule has 0 saturated heterocycles. The second kappa shape index (κ2) is 8.55. The third-order valence-electron chi connectivity index (χ3n) is 3.95. The molecule has 0 bridgehead atoms. The van der Waals surface area contributed by atoms with Gasteiger partial charge in [0.25, 0.3) is 5.91 Å². The summed E-state index contributed by atoms with van der Waals surface area (Å²) in [7, 11) is 0. The largest absolute Gasteiger partial charge is 0.490 e. The minimum Gasteiger partial charge on any atom is -0.490 e. The standard InChI is InChI=1S/C19H23N5O4/c1-5-24-12(4)10-14(23-24)17(25)20-19-22-21-18(28-19)13-8-9-15(26-6-2)16(11-13)27-7-3/h8-11H,5-7H2,1-4H3,(H,20,22,25). The summed E-state index contributed by atoms with van der Waals surface area (Å²) in [5.74, 6) is 1.08. The van der Waals surface area contributed by atoms with Crippen LogP contribution in [-0.2, 0) is 6.54 Å². The zero-order chi connectivity index (χ0) is 20.1. The van der Waals surface area contributed by atoms with Crippen molar-refractivity contribution in [1.82, 2.24) is 20.0 Å². The third kappa shape index (κ3) is 4.13. The minimum atomic E-state index is -0.410. The Kier molecular flexibility index (Phi) is 5.93. The maximum atomic E-state index is 12.3. The summed E-state index contributed by atoms with van der Waals surface area (Å²) in [4.78, 5) is 12.3. The number of hydrogen-bond acceptors (Lipinski definition) is 7. The van der Waals surface area contributed by atoms with E-state index in [1.807, 2.05) is 27.7 Å². The number of carbonyl (C=O) groups excluding carboxylic acids is 1. The van der Waals surface area contributed by atoms with Gasteiger partial charge in [-0.1, -0.05) is 5.10 Å². The fraction of sp³-hybridized carbons (Fsp3) is 0.368. The first-order valence-corrected chi connectivity index (χ1v) is 9.15. The van der Waals surface area contributed by atoms with Crippen LogP contribution in [0.5, 0.6) is 11.5 Å². The molecule has 1 aromatic carbocycles. The van der Waals surface area contributed by atoms with Gasteiger partial charge in [0.05, 0.1) is 13.2 Å². The van der Waals surface area contributed by atoms with E-state index in [0.717, 1.165) is 5.69 Å². The van der Waals surface area contributed by atoms with Crippen LogP contribution in [0.15, 0.2) is 28.7 Å². The molecule has 9 heteroatoms. The van der Waals surface area contributed by atoms with Gasteiger partial charge in [-0.05, 0) is 52.0 Å². The Morgan fingerprint density at radius 1 is 1.11 bits per heavy atom. The van der Waals surface area contributed by atoms with E-state index in [2.05, 4.69) is 20.6 Å². The Labute approximate surface area is 162 Å². The van der Waals surface area contributed by atoms with Gasteiger partial charge in [-0.2, -0.15) is 5.10 Å². The van der Waals surface area contributed by atoms with Crippen LogP contribution in [0.25, 0.3) is 11.5 Å². The molecule has 3 aromatic rings. The quantitative estimate of drug-likeness (QED) is 0.634. The first-order valence-electron chi connectivity index (χ1n) is 9.15. The molecule has 2 aromatic heterocycles. The second-order valence-electron chi connectivity index (χ2n) is 5.88. The maximum absolute atomic E-state index is 12.3. The predicted octanol–water partition coefficient (Wildman–Crippen LogP) is 3.31. The lowest BCUT2D eigenvalue weighted by Gasteiger charge is -2.11. The summed E-state index contributed by atoms with van der Waals surface area (Å²) in [6.45, 7) is 9.36. The van der Waals surface area contributed by atoms with Gasteiger partial charge < -0.3 is 13.9 Å². The lowest BCUT2D eigenvalue weighted by atomic mass is 10.2. The molecule has 0 radical (unpaired) electrons. The number of benzene rings is 1. The topological polar surface area (TPSA) is 104 Å². The van der Waals surface area contributed by atoms with E-state index in [0.29, 0.717) is 42.5 Å². The number of amides is 1. The van der Waals surface area contributed by atoms with Crippen molar-refractivity contribution in [3.63, 3.8) is 0 Å². The average Bonchev–Trinajstić information content (AvgIpc) is 3.30. The van der Waals surface area contributed by atoms with Gasteiger partial charge in [0, 0.05) is 17.8 Å². The lowest BCUT2D eigenvalue weighted by Crippen LogP contribution is -2.13. The van der Waals surface area contributed by atoms with E-state index in [1.54, 1.807) is 28.9 Å². The molecule has 0 aliphatic heterocycles. The van der Waals surface area contributed by atoms with Gasteiger partial charge in [0.15, 0.2) is 17.2 Å². The molecule has 0 atom stereocenters. The van der Waals surface area contributed by atoms with E-state index >= 15 is 0 Å². The highest BCUT2D eigenvalue weighted by molar-refractivity contribution is 6.01. The minimum absolute atomic E-state index is 0.00412. The summed E-state index contributed by atoms with van der Waals surface area (Å²) < 4.78 is 18.5. The molecule has 28 heavy (non-hydrogen) atoms. The summed E-state index contributed by atoms with van der Waals surface area (Å²) in [5, 5.41) is 14.7. The van der Waals surface area contributed by atoms with Crippen molar-refractivity contribution in [2.45, 2.75) is 34.2 Å². The zero-order valence-corrected chi connectivity index (χ0v) is 16.4. The highest BCUT2D eigenvalue weighted by atomic mass is 16.5. The molecule has 3 rings (SSSR count). The van der Waals surface area contributed by atoms with Crippen molar-refractivity contribution in [2.24, 2.45) is 0 Å². The van der Waals surface area contributed by atoms with Crippen molar-refractivity contribution < 1.29 is 18.7 Å². The smallest absolute Gasteiger partial charge is 0.322 e. The van der Waals surface area contributed by atoms with E-state index in [1.165, 1.54) is 0 Å². The summed E-state index contributed by atoms with van der Waals surface area (Å²) in [5.41, 5.74) is 1.85. The molecule has 0 aliphatic carbocycles. The monoisotopic (exact) mass is 385 g/mol. The van der Waals surface area contributed by atoms with Crippen molar-refractivity contribution in [3.05, 3.63) is 35.7 Å². The molecule has 1 N–H and O–H groups in total. The van der Waals surface area contributed by atoms with Gasteiger partial charge in [-0.3, -0.25) is 14.8 Å². The maximum Gasteiger partial charge on any atom is 0.322 e. The van der Waals surface area contributed by atoms with Crippen LogP contribution < -0.4 is 14.8 Å². The number of rotatable bonds is 8. The van der Waals surface area contributed by atoms with Crippen LogP contribution in [-0.4, -0.2) is 39.1 Å². The van der Waals surface area contributed by atoms with Crippen LogP contribution in [0.4, 0.5) is 6.01 Å². The van der Waals surface area contributed by atoms with Crippen molar-refractivity contribution in [2.75, 3.05) is 18.5 Å². The highest BCUT2D eigenvalue weighted by Gasteiger charge is 2.17. The zero-order valence-electron chi connectivity index (χ0n) is 16.4. The molecular weight excluding hydrogens is 362 g/mol. The number of aryl methyl sites for hydroxylation is 2. The number of aromatic nitrogens is 4. The van der Waals surface area contributed by atoms with Gasteiger partial charge in [0.2, 0.25) is 5.89 Å². The van der Waals surface area contributed by atoms with E-state index < -0.39 is 5.91 Å². The number of anilines is 1. The summed E-state index contributed by atoms with van der Waals surface area (Å²) in [6, 6.07) is 7.04. The van der Waals surface area contributed by atoms with Crippen LogP contribution >= 0.6 is 0 Å². The van der Waals surface area contributed by atoms with Crippen LogP contribution in [0.1, 0.15) is 37.0 Å². The Bertz CT molecular complexity index is 963. The molecule has 148 valence electrons. The average molecular weight is 385 g/mol. The molecule has 1 amide bonds. The molecule has 9 nitrogen and oxygen atoms in total. The predicted molar refractivity (Wildman–Crippen MR) is 103 cm³/mol. The number of ether oxygens (including phenoxy) is 2. The molecule has 0 fully saturated rings. The normalized spacial score (nSPS) is 10.7. The Morgan fingerprint density at radius 3 is 2.54 bits per heavy atom. The number of hydrogen-bond donors (Lipinski definition) is 1. The van der Waals surface area contributed by atoms with E-state index in [-0.39, 0.29) is 11.9 Å². The fourth-order valence-electron chi connectivity index (χ4n) is 2.68. The Morgan fingerprint density at radius 2 is 1.86 bits per heavy atom. The van der Waals surface area contributed by atoms with Crippen LogP contribution in [0.3, 0.4) is 0 Å². The van der Waals surface area contributed by atoms with Gasteiger partial charge in [0.1, 0.15) is 0 Å². The molecule has 0 saturated carbocycles. The summed E-state index contributed by atoms with van der Waals surface area (Å²) >= 11 is 0. The highest BCUT2D eigenvalue weighted by Crippen LogP contribution is 2.32. The van der Waals surface area contributed by atoms with Gasteiger partial charge >= 0.3 is 6.01 Å². The van der Waals surface area contributed by atoms with Gasteiger partial charge in [-0.15, -0.1) is 5.10 Å². The number of carbonyl (C=O) groups is 1. The fourth-order valence-corrected chi connectivity index (χ4v) is 2.68. The first kappa shape index (κ1) is 19.4. The lowest BCUT2D eigenvalue weighted by molar-refractivity contribution is 0.101. The molecule has 0 unspecified atom stereocenters. The Balaban J connectivity index is 1.77. The third-order valence-corrected chi connectivity index (χ3v) is 3.95. The van der Waals surface area contributed by atoms with Crippen molar-refractivity contribution in [1.29, 1.82) is 0 Å².